The van der Waals surface area contributed by atoms with Gasteiger partial charge in [-0.2, -0.15) is 0 Å². The van der Waals surface area contributed by atoms with Crippen molar-refractivity contribution in [3.63, 3.8) is 0 Å². The summed E-state index contributed by atoms with van der Waals surface area (Å²) in [7, 11) is 2.07. The number of rotatable bonds is 8. The first-order chi connectivity index (χ1) is 9.17. The molecule has 0 heterocycles. The van der Waals surface area contributed by atoms with Crippen LogP contribution >= 0.6 is 0 Å². The molecule has 0 saturated heterocycles. The summed E-state index contributed by atoms with van der Waals surface area (Å²) in [6.45, 7) is 6.17. The maximum atomic E-state index is 11.9. The van der Waals surface area contributed by atoms with Gasteiger partial charge in [0.1, 0.15) is 0 Å². The summed E-state index contributed by atoms with van der Waals surface area (Å²) in [5.41, 5.74) is 2.14. The van der Waals surface area contributed by atoms with Gasteiger partial charge in [-0.25, -0.2) is 0 Å². The smallest absolute Gasteiger partial charge is 0.225 e. The average Bonchev–Trinajstić information content (AvgIpc) is 2.43. The minimum atomic E-state index is 0.101. The molecule has 0 unspecified atom stereocenters. The number of hydrogen-bond acceptors (Lipinski definition) is 2. The molecule has 3 heteroatoms. The number of carbonyl (C=O) groups is 1. The molecule has 0 fully saturated rings. The van der Waals surface area contributed by atoms with E-state index >= 15 is 0 Å². The van der Waals surface area contributed by atoms with Crippen LogP contribution in [0.3, 0.4) is 0 Å². The fourth-order valence-corrected chi connectivity index (χ4v) is 2.00. The van der Waals surface area contributed by atoms with Gasteiger partial charge in [0.05, 0.1) is 0 Å². The van der Waals surface area contributed by atoms with Gasteiger partial charge in [0.2, 0.25) is 5.91 Å². The Morgan fingerprint density at radius 3 is 2.63 bits per heavy atom. The number of carbonyl (C=O) groups excluding carboxylic acids is 1. The summed E-state index contributed by atoms with van der Waals surface area (Å²) in [4.78, 5) is 14.1. The predicted molar refractivity (Wildman–Crippen MR) is 81.5 cm³/mol. The minimum Gasteiger partial charge on any atom is -0.326 e. The lowest BCUT2D eigenvalue weighted by Gasteiger charge is -2.16. The van der Waals surface area contributed by atoms with Gasteiger partial charge in [-0.15, -0.1) is 0 Å². The molecule has 0 bridgehead atoms. The second kappa shape index (κ2) is 8.70. The summed E-state index contributed by atoms with van der Waals surface area (Å²) >= 11 is 0. The summed E-state index contributed by atoms with van der Waals surface area (Å²) in [5, 5.41) is 3.01. The van der Waals surface area contributed by atoms with Crippen molar-refractivity contribution in [2.45, 2.75) is 39.5 Å². The normalized spacial score (nSPS) is 10.7. The van der Waals surface area contributed by atoms with E-state index in [1.807, 2.05) is 18.2 Å². The number of unbranched alkanes of at least 4 members (excludes halogenated alkanes) is 1. The Bertz CT molecular complexity index is 390. The lowest BCUT2D eigenvalue weighted by molar-refractivity contribution is -0.116. The molecule has 0 aliphatic carbocycles. The van der Waals surface area contributed by atoms with Crippen LogP contribution in [0.2, 0.25) is 0 Å². The molecule has 106 valence electrons. The Balaban J connectivity index is 2.38. The molecule has 0 saturated carbocycles. The second-order valence-electron chi connectivity index (χ2n) is 4.97. The molecule has 3 nitrogen and oxygen atoms in total. The number of hydrogen-bond donors (Lipinski definition) is 1. The number of aryl methyl sites for hydroxylation is 1. The molecule has 1 amide bonds. The maximum Gasteiger partial charge on any atom is 0.225 e. The SMILES string of the molecule is CCCCN(C)CCC(=O)Nc1ccccc1CC. The molecule has 1 aromatic carbocycles. The van der Waals surface area contributed by atoms with E-state index in [9.17, 15) is 4.79 Å². The molecular formula is C16H26N2O. The Morgan fingerprint density at radius 2 is 1.95 bits per heavy atom. The predicted octanol–water partition coefficient (Wildman–Crippen LogP) is 3.31. The molecular weight excluding hydrogens is 236 g/mol. The first-order valence-corrected chi connectivity index (χ1v) is 7.23. The topological polar surface area (TPSA) is 32.3 Å². The van der Waals surface area contributed by atoms with Crippen molar-refractivity contribution in [2.75, 3.05) is 25.5 Å². The molecule has 0 aliphatic rings. The van der Waals surface area contributed by atoms with Crippen LogP contribution < -0.4 is 5.32 Å². The number of amides is 1. The average molecular weight is 262 g/mol. The number of para-hydroxylation sites is 1. The Morgan fingerprint density at radius 1 is 1.21 bits per heavy atom. The highest BCUT2D eigenvalue weighted by Gasteiger charge is 2.06. The Labute approximate surface area is 117 Å². The molecule has 1 rings (SSSR count). The van der Waals surface area contributed by atoms with E-state index in [1.165, 1.54) is 18.4 Å². The number of nitrogens with one attached hydrogen (secondary N) is 1. The van der Waals surface area contributed by atoms with Crippen molar-refractivity contribution in [2.24, 2.45) is 0 Å². The lowest BCUT2D eigenvalue weighted by atomic mass is 10.1. The van der Waals surface area contributed by atoms with Crippen LogP contribution in [0.5, 0.6) is 0 Å². The first kappa shape index (κ1) is 15.7. The number of nitrogens with zero attached hydrogens (tertiary/aromatic N) is 1. The van der Waals surface area contributed by atoms with Gasteiger partial charge < -0.3 is 10.2 Å². The summed E-state index contributed by atoms with van der Waals surface area (Å²) in [5.74, 6) is 0.101. The molecule has 1 N–H and O–H groups in total. The van der Waals surface area contributed by atoms with Crippen molar-refractivity contribution >= 4 is 11.6 Å². The molecule has 0 aliphatic heterocycles. The van der Waals surface area contributed by atoms with Crippen LogP contribution in [0.25, 0.3) is 0 Å². The standard InChI is InChI=1S/C16H26N2O/c1-4-6-12-18(3)13-11-16(19)17-15-10-8-7-9-14(15)5-2/h7-10H,4-6,11-13H2,1-3H3,(H,17,19). The van der Waals surface area contributed by atoms with E-state index < -0.39 is 0 Å². The fourth-order valence-electron chi connectivity index (χ4n) is 2.00. The Hall–Kier alpha value is -1.35. The largest absolute Gasteiger partial charge is 0.326 e. The van der Waals surface area contributed by atoms with Crippen LogP contribution in [0.4, 0.5) is 5.69 Å². The van der Waals surface area contributed by atoms with E-state index in [4.69, 9.17) is 0 Å². The van der Waals surface area contributed by atoms with Gasteiger partial charge in [-0.3, -0.25) is 4.79 Å². The van der Waals surface area contributed by atoms with Crippen LogP contribution in [0.1, 0.15) is 38.7 Å². The van der Waals surface area contributed by atoms with E-state index in [-0.39, 0.29) is 5.91 Å². The van der Waals surface area contributed by atoms with E-state index in [1.54, 1.807) is 0 Å². The van der Waals surface area contributed by atoms with Gasteiger partial charge in [-0.1, -0.05) is 38.5 Å². The third kappa shape index (κ3) is 5.88. The van der Waals surface area contributed by atoms with Gasteiger partial charge in [0.25, 0.3) is 0 Å². The maximum absolute atomic E-state index is 11.9. The molecule has 0 spiro atoms. The minimum absolute atomic E-state index is 0.101. The molecule has 0 aromatic heterocycles. The molecule has 0 atom stereocenters. The lowest BCUT2D eigenvalue weighted by Crippen LogP contribution is -2.25. The van der Waals surface area contributed by atoms with Gasteiger partial charge in [0, 0.05) is 18.7 Å². The van der Waals surface area contributed by atoms with Crippen LogP contribution in [0.15, 0.2) is 24.3 Å². The monoisotopic (exact) mass is 262 g/mol. The number of anilines is 1. The van der Waals surface area contributed by atoms with Crippen LogP contribution in [0, 0.1) is 0 Å². The van der Waals surface area contributed by atoms with Crippen molar-refractivity contribution in [1.29, 1.82) is 0 Å². The highest BCUT2D eigenvalue weighted by Crippen LogP contribution is 2.15. The summed E-state index contributed by atoms with van der Waals surface area (Å²) in [6, 6.07) is 8.00. The van der Waals surface area contributed by atoms with E-state index in [0.29, 0.717) is 6.42 Å². The van der Waals surface area contributed by atoms with Crippen molar-refractivity contribution in [1.82, 2.24) is 4.90 Å². The fraction of sp³-hybridized carbons (Fsp3) is 0.562. The van der Waals surface area contributed by atoms with E-state index in [2.05, 4.69) is 37.2 Å². The van der Waals surface area contributed by atoms with Crippen LogP contribution in [-0.2, 0) is 11.2 Å². The van der Waals surface area contributed by atoms with Crippen molar-refractivity contribution < 1.29 is 4.79 Å². The molecule has 0 radical (unpaired) electrons. The van der Waals surface area contributed by atoms with Gasteiger partial charge in [0.15, 0.2) is 0 Å². The summed E-state index contributed by atoms with van der Waals surface area (Å²) < 4.78 is 0. The second-order valence-corrected chi connectivity index (χ2v) is 4.97. The number of benzene rings is 1. The first-order valence-electron chi connectivity index (χ1n) is 7.23. The van der Waals surface area contributed by atoms with Gasteiger partial charge >= 0.3 is 0 Å². The zero-order valence-corrected chi connectivity index (χ0v) is 12.4. The van der Waals surface area contributed by atoms with Crippen molar-refractivity contribution in [3.05, 3.63) is 29.8 Å². The van der Waals surface area contributed by atoms with E-state index in [0.717, 1.165) is 25.2 Å². The summed E-state index contributed by atoms with van der Waals surface area (Å²) in [6.07, 6.45) is 3.88. The van der Waals surface area contributed by atoms with Crippen LogP contribution in [-0.4, -0.2) is 30.9 Å². The zero-order chi connectivity index (χ0) is 14.1. The highest BCUT2D eigenvalue weighted by molar-refractivity contribution is 5.91. The third-order valence-corrected chi connectivity index (χ3v) is 3.29. The quantitative estimate of drug-likeness (QED) is 0.779. The third-order valence-electron chi connectivity index (χ3n) is 3.29. The Kier molecular flexibility index (Phi) is 7.19. The molecule has 1 aromatic rings. The highest BCUT2D eigenvalue weighted by atomic mass is 16.1. The van der Waals surface area contributed by atoms with Crippen molar-refractivity contribution in [3.8, 4) is 0 Å². The zero-order valence-electron chi connectivity index (χ0n) is 12.4. The molecule has 19 heavy (non-hydrogen) atoms. The van der Waals surface area contributed by atoms with Gasteiger partial charge in [-0.05, 0) is 38.1 Å².